The fraction of sp³-hybridized carbons (Fsp3) is 0.355. The van der Waals surface area contributed by atoms with E-state index in [0.717, 1.165) is 47.2 Å². The molecule has 0 heterocycles. The van der Waals surface area contributed by atoms with Crippen molar-refractivity contribution in [1.82, 2.24) is 5.32 Å². The second kappa shape index (κ2) is 13.9. The number of halogens is 3. The maximum Gasteiger partial charge on any atom is 0.416 e. The summed E-state index contributed by atoms with van der Waals surface area (Å²) in [6, 6.07) is 20.2. The average molecular weight is 542 g/mol. The number of carbonyl (C=O) groups excluding carboxylic acids is 1. The van der Waals surface area contributed by atoms with Gasteiger partial charge in [0.25, 0.3) is 5.91 Å². The van der Waals surface area contributed by atoms with Gasteiger partial charge in [0.05, 0.1) is 18.6 Å². The summed E-state index contributed by atoms with van der Waals surface area (Å²) < 4.78 is 44.5. The van der Waals surface area contributed by atoms with Gasteiger partial charge in [0.15, 0.2) is 0 Å². The SMILES string of the molecule is CC(C)COC[C@H](Cc1ccc(C(=O)NCCC(=O)O)cc1)Cc1ccc(-c2ccc(C(F)(F)F)cc2)cc1. The van der Waals surface area contributed by atoms with Crippen LogP contribution in [0.15, 0.2) is 72.8 Å². The summed E-state index contributed by atoms with van der Waals surface area (Å²) in [5, 5.41) is 11.3. The monoisotopic (exact) mass is 541 g/mol. The van der Waals surface area contributed by atoms with Crippen molar-refractivity contribution in [2.75, 3.05) is 19.8 Å². The number of aliphatic carboxylic acids is 1. The number of ether oxygens (including phenoxy) is 1. The van der Waals surface area contributed by atoms with Gasteiger partial charge in [-0.1, -0.05) is 62.4 Å². The zero-order chi connectivity index (χ0) is 28.4. The van der Waals surface area contributed by atoms with Crippen molar-refractivity contribution < 1.29 is 32.6 Å². The average Bonchev–Trinajstić information content (AvgIpc) is 2.88. The summed E-state index contributed by atoms with van der Waals surface area (Å²) in [5.74, 6) is -0.693. The van der Waals surface area contributed by atoms with E-state index in [1.54, 1.807) is 12.1 Å². The van der Waals surface area contributed by atoms with Crippen LogP contribution < -0.4 is 5.32 Å². The summed E-state index contributed by atoms with van der Waals surface area (Å²) in [7, 11) is 0. The molecule has 0 saturated heterocycles. The lowest BCUT2D eigenvalue weighted by atomic mass is 9.92. The Kier molecular flexibility index (Phi) is 10.7. The molecule has 0 spiro atoms. The molecule has 0 radical (unpaired) electrons. The zero-order valence-electron chi connectivity index (χ0n) is 22.1. The molecule has 0 unspecified atom stereocenters. The fourth-order valence-electron chi connectivity index (χ4n) is 4.19. The van der Waals surface area contributed by atoms with Gasteiger partial charge in [0.2, 0.25) is 0 Å². The summed E-state index contributed by atoms with van der Waals surface area (Å²) >= 11 is 0. The molecule has 3 aromatic carbocycles. The van der Waals surface area contributed by atoms with Crippen molar-refractivity contribution in [3.63, 3.8) is 0 Å². The lowest BCUT2D eigenvalue weighted by molar-refractivity contribution is -0.138. The van der Waals surface area contributed by atoms with Gasteiger partial charge in [-0.2, -0.15) is 13.2 Å². The van der Waals surface area contributed by atoms with Crippen molar-refractivity contribution in [3.05, 3.63) is 95.1 Å². The molecule has 3 rings (SSSR count). The van der Waals surface area contributed by atoms with Crippen molar-refractivity contribution in [1.29, 1.82) is 0 Å². The third kappa shape index (κ3) is 9.87. The summed E-state index contributed by atoms with van der Waals surface area (Å²) in [5.41, 5.74) is 3.51. The lowest BCUT2D eigenvalue weighted by Gasteiger charge is -2.19. The molecule has 0 aliphatic rings. The van der Waals surface area contributed by atoms with E-state index in [-0.39, 0.29) is 24.8 Å². The van der Waals surface area contributed by atoms with Gasteiger partial charge in [-0.25, -0.2) is 0 Å². The Hall–Kier alpha value is -3.65. The highest BCUT2D eigenvalue weighted by Gasteiger charge is 2.30. The molecule has 1 atom stereocenters. The minimum atomic E-state index is -4.36. The van der Waals surface area contributed by atoms with Gasteiger partial charge < -0.3 is 15.2 Å². The van der Waals surface area contributed by atoms with Crippen molar-refractivity contribution in [2.45, 2.75) is 39.3 Å². The zero-order valence-corrected chi connectivity index (χ0v) is 22.1. The maximum atomic E-state index is 12.9. The fourth-order valence-corrected chi connectivity index (χ4v) is 4.19. The molecule has 3 aromatic rings. The molecule has 1 amide bonds. The van der Waals surface area contributed by atoms with E-state index in [9.17, 15) is 22.8 Å². The number of alkyl halides is 3. The van der Waals surface area contributed by atoms with Crippen molar-refractivity contribution in [3.8, 4) is 11.1 Å². The van der Waals surface area contributed by atoms with E-state index >= 15 is 0 Å². The van der Waals surface area contributed by atoms with Crippen LogP contribution >= 0.6 is 0 Å². The smallest absolute Gasteiger partial charge is 0.416 e. The number of hydrogen-bond acceptors (Lipinski definition) is 3. The molecule has 0 aromatic heterocycles. The number of hydrogen-bond donors (Lipinski definition) is 2. The van der Waals surface area contributed by atoms with E-state index in [1.165, 1.54) is 12.1 Å². The second-order valence-corrected chi connectivity index (χ2v) is 10.1. The van der Waals surface area contributed by atoms with Crippen LogP contribution in [-0.2, 0) is 28.5 Å². The van der Waals surface area contributed by atoms with Crippen LogP contribution in [0.2, 0.25) is 0 Å². The number of amides is 1. The number of nitrogens with one attached hydrogen (secondary N) is 1. The van der Waals surface area contributed by atoms with Gasteiger partial charge in [0.1, 0.15) is 0 Å². The number of carbonyl (C=O) groups is 2. The predicted octanol–water partition coefficient (Wildman–Crippen LogP) is 6.65. The van der Waals surface area contributed by atoms with Gasteiger partial charge in [-0.05, 0) is 71.2 Å². The first-order chi connectivity index (χ1) is 18.5. The van der Waals surface area contributed by atoms with Crippen LogP contribution in [0.25, 0.3) is 11.1 Å². The van der Waals surface area contributed by atoms with Crippen LogP contribution in [0.5, 0.6) is 0 Å². The van der Waals surface area contributed by atoms with Crippen LogP contribution in [0.1, 0.15) is 47.3 Å². The molecule has 0 aliphatic carbocycles. The summed E-state index contributed by atoms with van der Waals surface area (Å²) in [4.78, 5) is 22.9. The predicted molar refractivity (Wildman–Crippen MR) is 144 cm³/mol. The molecule has 2 N–H and O–H groups in total. The Labute approximate surface area is 227 Å². The summed E-state index contributed by atoms with van der Waals surface area (Å²) in [6.07, 6.45) is -3.00. The third-order valence-corrected chi connectivity index (χ3v) is 6.19. The van der Waals surface area contributed by atoms with E-state index < -0.39 is 17.7 Å². The van der Waals surface area contributed by atoms with E-state index in [1.807, 2.05) is 36.4 Å². The highest BCUT2D eigenvalue weighted by atomic mass is 19.4. The van der Waals surface area contributed by atoms with Crippen LogP contribution in [-0.4, -0.2) is 36.7 Å². The Morgan fingerprint density at radius 1 is 0.821 bits per heavy atom. The first-order valence-electron chi connectivity index (χ1n) is 12.9. The van der Waals surface area contributed by atoms with E-state index in [0.29, 0.717) is 24.7 Å². The molecule has 0 saturated carbocycles. The quantitative estimate of drug-likeness (QED) is 0.254. The maximum absolute atomic E-state index is 12.9. The molecule has 208 valence electrons. The van der Waals surface area contributed by atoms with Crippen LogP contribution in [0.4, 0.5) is 13.2 Å². The molecule has 0 fully saturated rings. The normalized spacial score (nSPS) is 12.4. The van der Waals surface area contributed by atoms with Gasteiger partial charge in [-0.3, -0.25) is 9.59 Å². The van der Waals surface area contributed by atoms with E-state index in [2.05, 4.69) is 19.2 Å². The summed E-state index contributed by atoms with van der Waals surface area (Å²) in [6.45, 7) is 5.47. The van der Waals surface area contributed by atoms with E-state index in [4.69, 9.17) is 9.84 Å². The molecule has 8 heteroatoms. The third-order valence-electron chi connectivity index (χ3n) is 6.19. The number of rotatable bonds is 13. The van der Waals surface area contributed by atoms with Gasteiger partial charge in [-0.15, -0.1) is 0 Å². The molecule has 39 heavy (non-hydrogen) atoms. The molecular weight excluding hydrogens is 507 g/mol. The highest BCUT2D eigenvalue weighted by molar-refractivity contribution is 5.94. The van der Waals surface area contributed by atoms with Gasteiger partial charge in [0, 0.05) is 18.7 Å². The largest absolute Gasteiger partial charge is 0.481 e. The van der Waals surface area contributed by atoms with Crippen LogP contribution in [0.3, 0.4) is 0 Å². The second-order valence-electron chi connectivity index (χ2n) is 10.1. The topological polar surface area (TPSA) is 75.6 Å². The Morgan fingerprint density at radius 3 is 1.82 bits per heavy atom. The Bertz CT molecular complexity index is 1200. The van der Waals surface area contributed by atoms with Crippen LogP contribution in [0, 0.1) is 11.8 Å². The number of carboxylic acid groups (broad SMARTS) is 1. The first-order valence-corrected chi connectivity index (χ1v) is 12.9. The number of benzene rings is 3. The standard InChI is InChI=1S/C31H34F3NO4/c1-21(2)19-39-20-24(18-23-5-9-27(10-6-23)30(38)35-16-15-29(36)37)17-22-3-7-25(8-4-22)26-11-13-28(14-12-26)31(32,33)34/h3-14,21,24H,15-20H2,1-2H3,(H,35,38)(H,36,37)/t24-/m0/s1. The van der Waals surface area contributed by atoms with Crippen molar-refractivity contribution >= 4 is 11.9 Å². The first kappa shape index (κ1) is 29.9. The molecule has 0 bridgehead atoms. The molecule has 5 nitrogen and oxygen atoms in total. The Balaban J connectivity index is 1.65. The molecular formula is C31H34F3NO4. The minimum Gasteiger partial charge on any atom is -0.481 e. The lowest BCUT2D eigenvalue weighted by Crippen LogP contribution is -2.26. The van der Waals surface area contributed by atoms with Gasteiger partial charge >= 0.3 is 12.1 Å². The molecule has 0 aliphatic heterocycles. The highest BCUT2D eigenvalue weighted by Crippen LogP contribution is 2.31. The Morgan fingerprint density at radius 2 is 1.33 bits per heavy atom. The van der Waals surface area contributed by atoms with Crippen molar-refractivity contribution in [2.24, 2.45) is 11.8 Å². The number of carboxylic acids is 1. The minimum absolute atomic E-state index is 0.0723.